The Bertz CT molecular complexity index is 667. The molecule has 0 unspecified atom stereocenters. The average molecular weight is 327 g/mol. The molecule has 2 aromatic heterocycles. The second kappa shape index (κ2) is 7.57. The summed E-state index contributed by atoms with van der Waals surface area (Å²) in [6.07, 6.45) is 9.06. The molecule has 24 heavy (non-hydrogen) atoms. The maximum Gasteiger partial charge on any atom is 0.220 e. The zero-order valence-electron chi connectivity index (χ0n) is 14.4. The number of hydrogen-bond acceptors (Lipinski definition) is 4. The van der Waals surface area contributed by atoms with E-state index >= 15 is 0 Å². The van der Waals surface area contributed by atoms with Crippen molar-refractivity contribution in [2.45, 2.75) is 51.9 Å². The minimum Gasteiger partial charge on any atom is -0.352 e. The summed E-state index contributed by atoms with van der Waals surface area (Å²) in [6, 6.07) is 4.66. The van der Waals surface area contributed by atoms with Crippen LogP contribution in [0.15, 0.2) is 37.1 Å². The van der Waals surface area contributed by atoms with Crippen LogP contribution in [0.25, 0.3) is 0 Å². The van der Waals surface area contributed by atoms with Gasteiger partial charge in [-0.15, -0.1) is 0 Å². The highest BCUT2D eigenvalue weighted by molar-refractivity contribution is 5.78. The van der Waals surface area contributed by atoms with Crippen LogP contribution < -0.4 is 5.32 Å². The van der Waals surface area contributed by atoms with Crippen LogP contribution in [0.1, 0.15) is 44.0 Å². The largest absolute Gasteiger partial charge is 0.352 e. The molecule has 1 amide bonds. The number of carbonyl (C=O) groups is 1. The number of hydrogen-bond donors (Lipinski definition) is 1. The lowest BCUT2D eigenvalue weighted by molar-refractivity contribution is -0.119. The van der Waals surface area contributed by atoms with Crippen molar-refractivity contribution in [3.8, 4) is 0 Å². The summed E-state index contributed by atoms with van der Waals surface area (Å²) in [6.45, 7) is 6.77. The topological polar surface area (TPSA) is 63.1 Å². The highest BCUT2D eigenvalue weighted by Crippen LogP contribution is 2.16. The van der Waals surface area contributed by atoms with Gasteiger partial charge in [-0.05, 0) is 31.9 Å². The van der Waals surface area contributed by atoms with Crippen molar-refractivity contribution >= 4 is 5.91 Å². The zero-order chi connectivity index (χ0) is 16.9. The molecule has 0 bridgehead atoms. The molecule has 1 fully saturated rings. The molecule has 0 saturated carbocycles. The van der Waals surface area contributed by atoms with E-state index < -0.39 is 0 Å². The first kappa shape index (κ1) is 16.6. The van der Waals surface area contributed by atoms with Crippen molar-refractivity contribution < 1.29 is 4.79 Å². The summed E-state index contributed by atoms with van der Waals surface area (Å²) in [5.74, 6) is 0.161. The standard InChI is InChI=1S/C18H25N5O/c1-14(2)23-13-20-9-17(23)12-22(10-15-4-3-7-19-8-15)11-16-5-6-18(24)21-16/h3-4,7-9,13-14,16H,5-6,10-12H2,1-2H3,(H,21,24)/t16-/m0/s1. The molecule has 6 nitrogen and oxygen atoms in total. The maximum atomic E-state index is 11.5. The van der Waals surface area contributed by atoms with Crippen LogP contribution in [0.2, 0.25) is 0 Å². The molecule has 1 N–H and O–H groups in total. The summed E-state index contributed by atoms with van der Waals surface area (Å²) < 4.78 is 2.20. The van der Waals surface area contributed by atoms with Gasteiger partial charge in [-0.25, -0.2) is 4.98 Å². The monoisotopic (exact) mass is 327 g/mol. The molecule has 1 aliphatic rings. The van der Waals surface area contributed by atoms with Crippen molar-refractivity contribution in [3.05, 3.63) is 48.3 Å². The molecule has 1 saturated heterocycles. The van der Waals surface area contributed by atoms with Gasteiger partial charge >= 0.3 is 0 Å². The lowest BCUT2D eigenvalue weighted by atomic mass is 10.2. The minimum absolute atomic E-state index is 0.161. The molecule has 2 aromatic rings. The van der Waals surface area contributed by atoms with Crippen LogP contribution in [0.5, 0.6) is 0 Å². The van der Waals surface area contributed by atoms with Gasteiger partial charge in [0.05, 0.1) is 12.0 Å². The van der Waals surface area contributed by atoms with Gasteiger partial charge in [0.2, 0.25) is 5.91 Å². The number of amides is 1. The van der Waals surface area contributed by atoms with Crippen molar-refractivity contribution in [1.29, 1.82) is 0 Å². The molecular formula is C18H25N5O. The van der Waals surface area contributed by atoms with Crippen LogP contribution >= 0.6 is 0 Å². The van der Waals surface area contributed by atoms with Crippen LogP contribution in [0, 0.1) is 0 Å². The van der Waals surface area contributed by atoms with E-state index in [0.717, 1.165) is 26.1 Å². The lowest BCUT2D eigenvalue weighted by Gasteiger charge is -2.26. The maximum absolute atomic E-state index is 11.5. The molecule has 0 radical (unpaired) electrons. The third kappa shape index (κ3) is 4.20. The van der Waals surface area contributed by atoms with Crippen molar-refractivity contribution in [1.82, 2.24) is 24.8 Å². The molecule has 0 aliphatic carbocycles. The van der Waals surface area contributed by atoms with Gasteiger partial charge in [0.1, 0.15) is 0 Å². The highest BCUT2D eigenvalue weighted by Gasteiger charge is 2.24. The van der Waals surface area contributed by atoms with Gasteiger partial charge < -0.3 is 9.88 Å². The van der Waals surface area contributed by atoms with E-state index in [1.807, 2.05) is 24.8 Å². The van der Waals surface area contributed by atoms with Crippen LogP contribution in [-0.2, 0) is 17.9 Å². The SMILES string of the molecule is CC(C)n1cncc1CN(Cc1cccnc1)C[C@@H]1CCC(=O)N1. The predicted octanol–water partition coefficient (Wildman–Crippen LogP) is 2.14. The van der Waals surface area contributed by atoms with Crippen LogP contribution in [0.4, 0.5) is 0 Å². The second-order valence-electron chi connectivity index (χ2n) is 6.72. The fourth-order valence-corrected chi connectivity index (χ4v) is 3.21. The fourth-order valence-electron chi connectivity index (χ4n) is 3.21. The third-order valence-corrected chi connectivity index (χ3v) is 4.38. The number of imidazole rings is 1. The molecule has 128 valence electrons. The Morgan fingerprint density at radius 3 is 2.88 bits per heavy atom. The van der Waals surface area contributed by atoms with E-state index in [4.69, 9.17) is 0 Å². The van der Waals surface area contributed by atoms with Gasteiger partial charge in [-0.1, -0.05) is 6.07 Å². The molecule has 3 heterocycles. The molecular weight excluding hydrogens is 302 g/mol. The first-order chi connectivity index (χ1) is 11.6. The molecule has 3 rings (SSSR count). The number of nitrogens with one attached hydrogen (secondary N) is 1. The van der Waals surface area contributed by atoms with E-state index in [1.165, 1.54) is 11.3 Å². The Morgan fingerprint density at radius 1 is 1.33 bits per heavy atom. The first-order valence-electron chi connectivity index (χ1n) is 8.53. The van der Waals surface area contributed by atoms with E-state index in [0.29, 0.717) is 12.5 Å². The van der Waals surface area contributed by atoms with Gasteiger partial charge in [-0.2, -0.15) is 0 Å². The highest BCUT2D eigenvalue weighted by atomic mass is 16.1. The van der Waals surface area contributed by atoms with E-state index in [9.17, 15) is 4.79 Å². The Balaban J connectivity index is 1.73. The Labute approximate surface area is 142 Å². The number of aromatic nitrogens is 3. The molecule has 6 heteroatoms. The average Bonchev–Trinajstić information content (AvgIpc) is 3.17. The molecule has 0 spiro atoms. The summed E-state index contributed by atoms with van der Waals surface area (Å²) >= 11 is 0. The van der Waals surface area contributed by atoms with Gasteiger partial charge in [-0.3, -0.25) is 14.7 Å². The van der Waals surface area contributed by atoms with Crippen molar-refractivity contribution in [3.63, 3.8) is 0 Å². The summed E-state index contributed by atoms with van der Waals surface area (Å²) in [4.78, 5) is 22.4. The minimum atomic E-state index is 0.161. The van der Waals surface area contributed by atoms with Crippen LogP contribution in [-0.4, -0.2) is 37.9 Å². The predicted molar refractivity (Wildman–Crippen MR) is 92.1 cm³/mol. The van der Waals surface area contributed by atoms with E-state index in [-0.39, 0.29) is 11.9 Å². The smallest absolute Gasteiger partial charge is 0.220 e. The normalized spacial score (nSPS) is 17.7. The van der Waals surface area contributed by atoms with E-state index in [2.05, 4.69) is 44.7 Å². The summed E-state index contributed by atoms with van der Waals surface area (Å²) in [7, 11) is 0. The second-order valence-corrected chi connectivity index (χ2v) is 6.72. The summed E-state index contributed by atoms with van der Waals surface area (Å²) in [5.41, 5.74) is 2.37. The van der Waals surface area contributed by atoms with Crippen LogP contribution in [0.3, 0.4) is 0 Å². The molecule has 1 atom stereocenters. The van der Waals surface area contributed by atoms with Crippen molar-refractivity contribution in [2.24, 2.45) is 0 Å². The zero-order valence-corrected chi connectivity index (χ0v) is 14.4. The van der Waals surface area contributed by atoms with Crippen molar-refractivity contribution in [2.75, 3.05) is 6.54 Å². The fraction of sp³-hybridized carbons (Fsp3) is 0.500. The number of nitrogens with zero attached hydrogens (tertiary/aromatic N) is 4. The molecule has 0 aromatic carbocycles. The first-order valence-corrected chi connectivity index (χ1v) is 8.53. The summed E-state index contributed by atoms with van der Waals surface area (Å²) in [5, 5.41) is 3.07. The third-order valence-electron chi connectivity index (χ3n) is 4.38. The van der Waals surface area contributed by atoms with Gasteiger partial charge in [0.25, 0.3) is 0 Å². The number of rotatable bonds is 7. The molecule has 1 aliphatic heterocycles. The number of carbonyl (C=O) groups excluding carboxylic acids is 1. The lowest BCUT2D eigenvalue weighted by Crippen LogP contribution is -2.38. The Kier molecular flexibility index (Phi) is 5.25. The Hall–Kier alpha value is -2.21. The Morgan fingerprint density at radius 2 is 2.21 bits per heavy atom. The van der Waals surface area contributed by atoms with Gasteiger partial charge in [0.15, 0.2) is 0 Å². The van der Waals surface area contributed by atoms with E-state index in [1.54, 1.807) is 6.20 Å². The van der Waals surface area contributed by atoms with Gasteiger partial charge in [0, 0.05) is 56.7 Å². The number of pyridine rings is 1. The quantitative estimate of drug-likeness (QED) is 0.846.